The van der Waals surface area contributed by atoms with Crippen LogP contribution >= 0.6 is 0 Å². The Hall–Kier alpha value is -1.20. The van der Waals surface area contributed by atoms with Gasteiger partial charge in [0.05, 0.1) is 0 Å². The van der Waals surface area contributed by atoms with Gasteiger partial charge in [0.1, 0.15) is 6.17 Å². The third-order valence-electron chi connectivity index (χ3n) is 3.24. The maximum Gasteiger partial charge on any atom is 0.336 e. The Morgan fingerprint density at radius 1 is 1.36 bits per heavy atom. The van der Waals surface area contributed by atoms with Crippen LogP contribution in [0.4, 0.5) is 9.18 Å². The van der Waals surface area contributed by atoms with E-state index in [4.69, 9.17) is 5.53 Å². The van der Waals surface area contributed by atoms with Gasteiger partial charge >= 0.3 is 6.03 Å². The maximum absolute atomic E-state index is 13.3. The molecule has 2 bridgehead atoms. The lowest BCUT2D eigenvalue weighted by molar-refractivity contribution is -0.000226. The van der Waals surface area contributed by atoms with Crippen LogP contribution in [0.3, 0.4) is 0 Å². The van der Waals surface area contributed by atoms with Crippen LogP contribution in [0.15, 0.2) is 5.22 Å². The van der Waals surface area contributed by atoms with Gasteiger partial charge in [-0.1, -0.05) is 5.22 Å². The zero-order valence-corrected chi connectivity index (χ0v) is 7.66. The molecule has 1 unspecified atom stereocenters. The molecule has 14 heavy (non-hydrogen) atoms. The highest BCUT2D eigenvalue weighted by molar-refractivity contribution is 5.73. The van der Waals surface area contributed by atoms with Gasteiger partial charge in [0.2, 0.25) is 0 Å². The van der Waals surface area contributed by atoms with Crippen molar-refractivity contribution < 1.29 is 9.18 Å². The van der Waals surface area contributed by atoms with E-state index in [0.29, 0.717) is 12.3 Å². The van der Waals surface area contributed by atoms with E-state index >= 15 is 0 Å². The third-order valence-corrected chi connectivity index (χ3v) is 3.24. The first kappa shape index (κ1) is 9.36. The molecule has 0 aromatic carbocycles. The molecular formula is C8H13FN4O. The summed E-state index contributed by atoms with van der Waals surface area (Å²) in [6.07, 6.45) is 1.38. The van der Waals surface area contributed by atoms with Crippen LogP contribution in [0.25, 0.3) is 0 Å². The first-order valence-corrected chi connectivity index (χ1v) is 4.77. The molecule has 3 saturated carbocycles. The van der Waals surface area contributed by atoms with Gasteiger partial charge in [-0.25, -0.2) is 14.6 Å². The Kier molecular flexibility index (Phi) is 2.35. The van der Waals surface area contributed by atoms with Gasteiger partial charge in [0, 0.05) is 6.04 Å². The van der Waals surface area contributed by atoms with Crippen molar-refractivity contribution in [1.82, 2.24) is 10.7 Å². The first-order valence-electron chi connectivity index (χ1n) is 4.77. The SMILES string of the molecule is N=NNC(=O)NC1C[C@H](F)C2CC1C2. The van der Waals surface area contributed by atoms with Gasteiger partial charge in [-0.05, 0) is 31.1 Å². The number of alkyl halides is 1. The molecule has 3 rings (SSSR count). The number of nitrogens with one attached hydrogen (secondary N) is 3. The first-order chi connectivity index (χ1) is 6.70. The van der Waals surface area contributed by atoms with Crippen molar-refractivity contribution >= 4 is 6.03 Å². The zero-order chi connectivity index (χ0) is 10.1. The van der Waals surface area contributed by atoms with Crippen molar-refractivity contribution in [2.45, 2.75) is 31.5 Å². The lowest BCUT2D eigenvalue weighted by atomic mass is 9.62. The number of carbonyl (C=O) groups excluding carboxylic acids is 1. The molecule has 3 N–H and O–H groups in total. The minimum atomic E-state index is -0.779. The fraction of sp³-hybridized carbons (Fsp3) is 0.875. The Labute approximate surface area is 80.9 Å². The summed E-state index contributed by atoms with van der Waals surface area (Å²) >= 11 is 0. The van der Waals surface area contributed by atoms with Crippen LogP contribution in [0.5, 0.6) is 0 Å². The second-order valence-electron chi connectivity index (χ2n) is 4.05. The standard InChI is InChI=1S/C8H13FN4O/c9-6-3-7(5-1-4(6)2-5)11-8(14)12-13-10/h4-7H,1-3H2,(H3,10,11,12,14)/t4?,5?,6-,7?/m0/s1. The van der Waals surface area contributed by atoms with Crippen LogP contribution in [-0.4, -0.2) is 18.2 Å². The number of hydrogen-bond acceptors (Lipinski definition) is 3. The van der Waals surface area contributed by atoms with Crippen LogP contribution in [0.1, 0.15) is 19.3 Å². The lowest BCUT2D eigenvalue weighted by Gasteiger charge is -2.48. The lowest BCUT2D eigenvalue weighted by Crippen LogP contribution is -2.55. The van der Waals surface area contributed by atoms with Crippen LogP contribution in [0, 0.1) is 17.4 Å². The van der Waals surface area contributed by atoms with E-state index in [2.05, 4.69) is 10.5 Å². The van der Waals surface area contributed by atoms with Crippen LogP contribution in [0.2, 0.25) is 0 Å². The number of halogens is 1. The fourth-order valence-corrected chi connectivity index (χ4v) is 2.39. The van der Waals surface area contributed by atoms with Crippen LogP contribution < -0.4 is 10.7 Å². The predicted molar refractivity (Wildman–Crippen MR) is 46.3 cm³/mol. The van der Waals surface area contributed by atoms with Gasteiger partial charge < -0.3 is 5.32 Å². The molecule has 0 aromatic heterocycles. The van der Waals surface area contributed by atoms with Crippen molar-refractivity contribution in [2.75, 3.05) is 0 Å². The molecule has 0 spiro atoms. The van der Waals surface area contributed by atoms with Crippen molar-refractivity contribution in [3.8, 4) is 0 Å². The molecule has 6 heteroatoms. The van der Waals surface area contributed by atoms with E-state index in [1.165, 1.54) is 0 Å². The van der Waals surface area contributed by atoms with Gasteiger partial charge in [-0.2, -0.15) is 5.53 Å². The van der Waals surface area contributed by atoms with E-state index in [9.17, 15) is 9.18 Å². The third kappa shape index (κ3) is 1.56. The highest BCUT2D eigenvalue weighted by atomic mass is 19.1. The number of amides is 2. The molecule has 2 atom stereocenters. The van der Waals surface area contributed by atoms with Crippen molar-refractivity contribution in [3.63, 3.8) is 0 Å². The molecule has 0 heterocycles. The molecule has 3 fully saturated rings. The average molecular weight is 200 g/mol. The van der Waals surface area contributed by atoms with E-state index in [0.717, 1.165) is 12.8 Å². The Morgan fingerprint density at radius 3 is 2.64 bits per heavy atom. The van der Waals surface area contributed by atoms with Gasteiger partial charge in [0.15, 0.2) is 0 Å². The van der Waals surface area contributed by atoms with E-state index < -0.39 is 12.2 Å². The largest absolute Gasteiger partial charge is 0.336 e. The highest BCUT2D eigenvalue weighted by Crippen LogP contribution is 2.46. The Balaban J connectivity index is 1.85. The molecule has 3 aliphatic rings. The summed E-state index contributed by atoms with van der Waals surface area (Å²) in [7, 11) is 0. The van der Waals surface area contributed by atoms with Crippen molar-refractivity contribution in [1.29, 1.82) is 5.53 Å². The quantitative estimate of drug-likeness (QED) is 0.457. The van der Waals surface area contributed by atoms with Gasteiger partial charge in [-0.15, -0.1) is 0 Å². The van der Waals surface area contributed by atoms with Gasteiger partial charge in [-0.3, -0.25) is 0 Å². The summed E-state index contributed by atoms with van der Waals surface area (Å²) in [5.74, 6) is 0.644. The van der Waals surface area contributed by atoms with Gasteiger partial charge in [0.25, 0.3) is 0 Å². The zero-order valence-electron chi connectivity index (χ0n) is 7.66. The summed E-state index contributed by atoms with van der Waals surface area (Å²) in [4.78, 5) is 11.0. The molecule has 0 radical (unpaired) electrons. The molecule has 0 aromatic rings. The number of urea groups is 1. The van der Waals surface area contributed by atoms with E-state index in [-0.39, 0.29) is 12.0 Å². The molecule has 78 valence electrons. The minimum Gasteiger partial charge on any atom is -0.334 e. The smallest absolute Gasteiger partial charge is 0.334 e. The monoisotopic (exact) mass is 200 g/mol. The predicted octanol–water partition coefficient (Wildman–Crippen LogP) is 1.37. The second-order valence-corrected chi connectivity index (χ2v) is 4.05. The summed E-state index contributed by atoms with van der Waals surface area (Å²) in [6, 6.07) is -0.598. The summed E-state index contributed by atoms with van der Waals surface area (Å²) in [5.41, 5.74) is 8.39. The van der Waals surface area contributed by atoms with Crippen LogP contribution in [-0.2, 0) is 0 Å². The molecule has 3 aliphatic carbocycles. The average Bonchev–Trinajstić information content (AvgIpc) is 2.00. The molecule has 0 saturated heterocycles. The molecule has 2 amide bonds. The summed E-state index contributed by atoms with van der Waals surface area (Å²) in [5, 5.41) is 5.39. The minimum absolute atomic E-state index is 0.0863. The topological polar surface area (TPSA) is 77.3 Å². The number of nitrogens with zero attached hydrogens (tertiary/aromatic N) is 1. The second kappa shape index (κ2) is 3.51. The van der Waals surface area contributed by atoms with Crippen molar-refractivity contribution in [3.05, 3.63) is 0 Å². The maximum atomic E-state index is 13.3. The molecule has 0 aliphatic heterocycles. The Bertz CT molecular complexity index is 254. The fourth-order valence-electron chi connectivity index (χ4n) is 2.39. The van der Waals surface area contributed by atoms with E-state index in [1.807, 2.05) is 5.43 Å². The van der Waals surface area contributed by atoms with Crippen molar-refractivity contribution in [2.24, 2.45) is 17.1 Å². The summed E-state index contributed by atoms with van der Waals surface area (Å²) < 4.78 is 13.3. The highest BCUT2D eigenvalue weighted by Gasteiger charge is 2.46. The normalized spacial score (nSPS) is 39.5. The summed E-state index contributed by atoms with van der Waals surface area (Å²) in [6.45, 7) is 0. The molecule has 5 nitrogen and oxygen atoms in total. The van der Waals surface area contributed by atoms with E-state index in [1.54, 1.807) is 0 Å². The number of fused-ring (bicyclic) bond motifs is 2. The Morgan fingerprint density at radius 2 is 2.07 bits per heavy atom. The number of rotatable bonds is 2. The number of hydrogen-bond donors (Lipinski definition) is 3. The number of carbonyl (C=O) groups is 1. The molecular weight excluding hydrogens is 187 g/mol.